The Morgan fingerprint density at radius 3 is 2.39 bits per heavy atom. The van der Waals surface area contributed by atoms with Crippen molar-refractivity contribution in [2.45, 2.75) is 37.8 Å². The van der Waals surface area contributed by atoms with Crippen LogP contribution in [0.4, 0.5) is 8.78 Å². The van der Waals surface area contributed by atoms with Crippen LogP contribution in [0.1, 0.15) is 30.8 Å². The zero-order chi connectivity index (χ0) is 23.8. The van der Waals surface area contributed by atoms with E-state index in [1.807, 2.05) is 6.92 Å². The van der Waals surface area contributed by atoms with Gasteiger partial charge in [-0.25, -0.2) is 13.4 Å². The van der Waals surface area contributed by atoms with Crippen LogP contribution in [0.25, 0.3) is 11.0 Å². The van der Waals surface area contributed by atoms with Crippen molar-refractivity contribution in [2.75, 3.05) is 20.1 Å². The maximum atomic E-state index is 13.7. The number of carbonyl (C=O) groups excluding carboxylic acids is 1. The Kier molecular flexibility index (Phi) is 6.49. The molecular weight excluding hydrogens is 450 g/mol. The van der Waals surface area contributed by atoms with Crippen LogP contribution >= 0.6 is 0 Å². The summed E-state index contributed by atoms with van der Waals surface area (Å²) in [5, 5.41) is 0. The summed E-state index contributed by atoms with van der Waals surface area (Å²) >= 11 is 0. The second-order valence-corrected chi connectivity index (χ2v) is 10.3. The van der Waals surface area contributed by atoms with E-state index in [0.717, 1.165) is 10.1 Å². The molecule has 1 aromatic heterocycles. The molecule has 33 heavy (non-hydrogen) atoms. The first-order valence-electron chi connectivity index (χ1n) is 10.7. The van der Waals surface area contributed by atoms with Crippen molar-refractivity contribution in [1.29, 1.82) is 0 Å². The molecule has 0 saturated carbocycles. The number of carbonyl (C=O) groups is 1. The first-order valence-corrected chi connectivity index (χ1v) is 12.2. The smallest absolute Gasteiger partial charge is 0.320 e. The molecule has 4 rings (SSSR count). The van der Waals surface area contributed by atoms with Gasteiger partial charge in [-0.3, -0.25) is 9.36 Å². The van der Waals surface area contributed by atoms with Crippen molar-refractivity contribution in [3.63, 3.8) is 0 Å². The maximum Gasteiger partial charge on any atom is 0.320 e. The van der Waals surface area contributed by atoms with E-state index in [1.165, 1.54) is 9.21 Å². The monoisotopic (exact) mass is 476 g/mol. The Morgan fingerprint density at radius 1 is 1.12 bits per heavy atom. The fourth-order valence-electron chi connectivity index (χ4n) is 4.23. The maximum absolute atomic E-state index is 13.7. The van der Waals surface area contributed by atoms with Crippen molar-refractivity contribution >= 4 is 27.0 Å². The first kappa shape index (κ1) is 23.3. The highest BCUT2D eigenvalue weighted by atomic mass is 32.2. The summed E-state index contributed by atoms with van der Waals surface area (Å²) in [6.07, 6.45) is 0.749. The number of imidazole rings is 1. The van der Waals surface area contributed by atoms with Crippen LogP contribution in [0.2, 0.25) is 0 Å². The number of benzene rings is 2. The van der Waals surface area contributed by atoms with Gasteiger partial charge in [0, 0.05) is 26.1 Å². The van der Waals surface area contributed by atoms with Crippen molar-refractivity contribution in [3.8, 4) is 0 Å². The second kappa shape index (κ2) is 9.18. The molecule has 2 heterocycles. The van der Waals surface area contributed by atoms with Gasteiger partial charge in [0.05, 0.1) is 22.5 Å². The van der Waals surface area contributed by atoms with Crippen LogP contribution in [0, 0.1) is 12.8 Å². The van der Waals surface area contributed by atoms with Crippen LogP contribution in [0.3, 0.4) is 0 Å². The second-order valence-electron chi connectivity index (χ2n) is 8.35. The Morgan fingerprint density at radius 2 is 1.76 bits per heavy atom. The van der Waals surface area contributed by atoms with Crippen molar-refractivity contribution < 1.29 is 22.0 Å². The van der Waals surface area contributed by atoms with Crippen LogP contribution in [0.5, 0.6) is 0 Å². The normalized spacial score (nSPS) is 15.9. The number of amides is 1. The lowest BCUT2D eigenvalue weighted by molar-refractivity contribution is -0.136. The fraction of sp³-hybridized carbons (Fsp3) is 0.391. The van der Waals surface area contributed by atoms with E-state index >= 15 is 0 Å². The summed E-state index contributed by atoms with van der Waals surface area (Å²) in [5.41, 5.74) is 1.74. The van der Waals surface area contributed by atoms with E-state index in [4.69, 9.17) is 0 Å². The third-order valence-electron chi connectivity index (χ3n) is 6.08. The third-order valence-corrected chi connectivity index (χ3v) is 7.99. The molecule has 0 bridgehead atoms. The zero-order valence-electron chi connectivity index (χ0n) is 18.5. The van der Waals surface area contributed by atoms with Gasteiger partial charge in [-0.15, -0.1) is 0 Å². The predicted octanol–water partition coefficient (Wildman–Crippen LogP) is 3.80. The summed E-state index contributed by atoms with van der Waals surface area (Å²) in [6.45, 7) is -0.474. The largest absolute Gasteiger partial charge is 0.338 e. The number of nitrogens with zero attached hydrogens (tertiary/aromatic N) is 4. The molecule has 0 radical (unpaired) electrons. The third kappa shape index (κ3) is 4.63. The molecule has 1 amide bonds. The van der Waals surface area contributed by atoms with Gasteiger partial charge in [0.1, 0.15) is 5.82 Å². The van der Waals surface area contributed by atoms with Gasteiger partial charge >= 0.3 is 6.55 Å². The van der Waals surface area contributed by atoms with Gasteiger partial charge in [0.25, 0.3) is 0 Å². The van der Waals surface area contributed by atoms with E-state index in [1.54, 1.807) is 55.6 Å². The highest BCUT2D eigenvalue weighted by molar-refractivity contribution is 7.89. The zero-order valence-corrected chi connectivity index (χ0v) is 19.3. The molecule has 0 unspecified atom stereocenters. The molecular formula is C23H26F2N4O3S. The average Bonchev–Trinajstić information content (AvgIpc) is 3.17. The highest BCUT2D eigenvalue weighted by Crippen LogP contribution is 2.27. The van der Waals surface area contributed by atoms with E-state index in [-0.39, 0.29) is 42.2 Å². The molecule has 7 nitrogen and oxygen atoms in total. The number of alkyl halides is 2. The summed E-state index contributed by atoms with van der Waals surface area (Å²) in [5.74, 6) is -0.458. The van der Waals surface area contributed by atoms with Gasteiger partial charge in [-0.2, -0.15) is 13.1 Å². The lowest BCUT2D eigenvalue weighted by Crippen LogP contribution is -2.43. The van der Waals surface area contributed by atoms with Gasteiger partial charge in [-0.1, -0.05) is 29.8 Å². The number of rotatable bonds is 6. The Bertz CT molecular complexity index is 1250. The molecule has 3 aromatic rings. The molecule has 1 fully saturated rings. The van der Waals surface area contributed by atoms with E-state index in [0.29, 0.717) is 23.9 Å². The van der Waals surface area contributed by atoms with E-state index in [9.17, 15) is 22.0 Å². The van der Waals surface area contributed by atoms with Crippen LogP contribution in [0.15, 0.2) is 53.4 Å². The van der Waals surface area contributed by atoms with Gasteiger partial charge in [0.15, 0.2) is 0 Å². The Balaban J connectivity index is 1.42. The summed E-state index contributed by atoms with van der Waals surface area (Å²) in [6, 6.07) is 13.3. The molecule has 0 spiro atoms. The predicted molar refractivity (Wildman–Crippen MR) is 120 cm³/mol. The standard InChI is InChI=1S/C23H26F2N4O3S/c1-16-7-9-18(10-8-16)33(31,32)28-13-11-17(12-14-28)22(30)27(2)15-21-26-19-5-3-4-6-20(19)29(21)23(24)25/h3-10,17,23H,11-15H2,1-2H3. The van der Waals surface area contributed by atoms with Crippen LogP contribution in [-0.4, -0.2) is 53.2 Å². The van der Waals surface area contributed by atoms with Crippen molar-refractivity contribution in [2.24, 2.45) is 5.92 Å². The molecule has 1 aliphatic rings. The minimum Gasteiger partial charge on any atom is -0.338 e. The van der Waals surface area contributed by atoms with Gasteiger partial charge in [0.2, 0.25) is 15.9 Å². The summed E-state index contributed by atoms with van der Waals surface area (Å²) in [4.78, 5) is 18.9. The number of para-hydroxylation sites is 2. The number of piperidine rings is 1. The molecule has 2 aromatic carbocycles. The van der Waals surface area contributed by atoms with E-state index < -0.39 is 16.6 Å². The minimum atomic E-state index is -3.61. The molecule has 10 heteroatoms. The average molecular weight is 477 g/mol. The topological polar surface area (TPSA) is 75.5 Å². The first-order chi connectivity index (χ1) is 15.7. The highest BCUT2D eigenvalue weighted by Gasteiger charge is 2.33. The Labute approximate surface area is 191 Å². The number of fused-ring (bicyclic) bond motifs is 1. The van der Waals surface area contributed by atoms with E-state index in [2.05, 4.69) is 4.98 Å². The summed E-state index contributed by atoms with van der Waals surface area (Å²) < 4.78 is 55.4. The van der Waals surface area contributed by atoms with Crippen molar-refractivity contribution in [1.82, 2.24) is 18.8 Å². The van der Waals surface area contributed by atoms with Gasteiger partial charge in [-0.05, 0) is 44.0 Å². The van der Waals surface area contributed by atoms with Gasteiger partial charge < -0.3 is 4.90 Å². The molecule has 0 atom stereocenters. The van der Waals surface area contributed by atoms with Crippen LogP contribution in [-0.2, 0) is 21.4 Å². The minimum absolute atomic E-state index is 0.0558. The molecule has 0 N–H and O–H groups in total. The number of hydrogen-bond donors (Lipinski definition) is 0. The lowest BCUT2D eigenvalue weighted by atomic mass is 9.96. The number of aromatic nitrogens is 2. The number of aryl methyl sites for hydroxylation is 1. The molecule has 1 saturated heterocycles. The number of halogens is 2. The Hall–Kier alpha value is -2.85. The molecule has 1 aliphatic heterocycles. The summed E-state index contributed by atoms with van der Waals surface area (Å²) in [7, 11) is -2.05. The lowest BCUT2D eigenvalue weighted by Gasteiger charge is -2.32. The number of sulfonamides is 1. The molecule has 0 aliphatic carbocycles. The quantitative estimate of drug-likeness (QED) is 0.542. The molecule has 176 valence electrons. The van der Waals surface area contributed by atoms with Crippen LogP contribution < -0.4 is 0 Å². The fourth-order valence-corrected chi connectivity index (χ4v) is 5.70. The van der Waals surface area contributed by atoms with Crippen molar-refractivity contribution in [3.05, 3.63) is 59.9 Å². The number of hydrogen-bond acceptors (Lipinski definition) is 4. The SMILES string of the molecule is Cc1ccc(S(=O)(=O)N2CCC(C(=O)N(C)Cc3nc4ccccc4n3C(F)F)CC2)cc1.